The Hall–Kier alpha value is -2.43. The fraction of sp³-hybridized carbons (Fsp3) is 0. The third kappa shape index (κ3) is 2.41. The Morgan fingerprint density at radius 2 is 1.36 bits per heavy atom. The molecule has 0 saturated heterocycles. The molecule has 0 amide bonds. The van der Waals surface area contributed by atoms with E-state index >= 15 is 0 Å². The van der Waals surface area contributed by atoms with E-state index in [-0.39, 0.29) is 0 Å². The van der Waals surface area contributed by atoms with Crippen LogP contribution in [0.15, 0.2) is 83.6 Å². The Bertz CT molecular complexity index is 1190. The summed E-state index contributed by atoms with van der Waals surface area (Å²) in [5.74, 6) is 0. The average Bonchev–Trinajstić information content (AvgIpc) is 3.18. The highest BCUT2D eigenvalue weighted by Crippen LogP contribution is 2.40. The maximum Gasteiger partial charge on any atom is 0.195 e. The molecule has 120 valence electrons. The summed E-state index contributed by atoms with van der Waals surface area (Å²) in [5.41, 5.74) is 6.14. The second kappa shape index (κ2) is 5.83. The van der Waals surface area contributed by atoms with Crippen molar-refractivity contribution in [1.29, 1.82) is 0 Å². The number of hydrogen-bond acceptors (Lipinski definition) is 2. The van der Waals surface area contributed by atoms with Gasteiger partial charge in [0.25, 0.3) is 0 Å². The molecule has 0 aliphatic heterocycles. The summed E-state index contributed by atoms with van der Waals surface area (Å²) >= 11 is 5.24. The maximum atomic E-state index is 4.62. The third-order valence-electron chi connectivity index (χ3n) is 4.38. The van der Waals surface area contributed by atoms with Gasteiger partial charge in [-0.3, -0.25) is 4.40 Å². The summed E-state index contributed by atoms with van der Waals surface area (Å²) in [6.45, 7) is 0. The third-order valence-corrected chi connectivity index (χ3v) is 5.85. The summed E-state index contributed by atoms with van der Waals surface area (Å²) in [6, 6.07) is 25.5. The summed E-state index contributed by atoms with van der Waals surface area (Å²) < 4.78 is 4.33. The van der Waals surface area contributed by atoms with Crippen LogP contribution in [0.1, 0.15) is 0 Å². The highest BCUT2D eigenvalue weighted by atomic mass is 79.9. The van der Waals surface area contributed by atoms with Gasteiger partial charge in [-0.25, -0.2) is 4.98 Å². The summed E-state index contributed by atoms with van der Waals surface area (Å²) in [4.78, 5) is 5.62. The fourth-order valence-electron chi connectivity index (χ4n) is 3.27. The van der Waals surface area contributed by atoms with Crippen molar-refractivity contribution in [3.63, 3.8) is 0 Å². The minimum absolute atomic E-state index is 0.866. The van der Waals surface area contributed by atoms with Crippen LogP contribution in [0, 0.1) is 0 Å². The molecular weight excluding hydrogens is 392 g/mol. The van der Waals surface area contributed by atoms with Gasteiger partial charge in [0.15, 0.2) is 4.96 Å². The molecule has 5 aromatic rings. The average molecular weight is 405 g/mol. The van der Waals surface area contributed by atoms with E-state index in [1.807, 2.05) is 0 Å². The second-order valence-corrected chi connectivity index (χ2v) is 7.68. The molecule has 2 nitrogen and oxygen atoms in total. The normalized spacial score (nSPS) is 11.4. The van der Waals surface area contributed by atoms with E-state index in [0.29, 0.717) is 0 Å². The van der Waals surface area contributed by atoms with E-state index in [9.17, 15) is 0 Å². The van der Waals surface area contributed by atoms with Crippen molar-refractivity contribution in [2.75, 3.05) is 0 Å². The zero-order valence-corrected chi connectivity index (χ0v) is 15.6. The number of nitrogens with zero attached hydrogens (tertiary/aromatic N) is 2. The van der Waals surface area contributed by atoms with Gasteiger partial charge >= 0.3 is 0 Å². The first-order valence-electron chi connectivity index (χ1n) is 8.02. The van der Waals surface area contributed by atoms with Gasteiger partial charge in [0.05, 0.1) is 10.2 Å². The fourth-order valence-corrected chi connectivity index (χ4v) is 4.93. The Labute approximate surface area is 157 Å². The SMILES string of the molecule is Brc1cn2c(n1)sc1c(-c3ccccc3)ccc(-c3ccccc3)c12. The van der Waals surface area contributed by atoms with Crippen LogP contribution in [0.4, 0.5) is 0 Å². The maximum absolute atomic E-state index is 4.62. The molecule has 25 heavy (non-hydrogen) atoms. The summed E-state index contributed by atoms with van der Waals surface area (Å²) in [6.07, 6.45) is 2.05. The van der Waals surface area contributed by atoms with Crippen LogP contribution in [0.3, 0.4) is 0 Å². The molecule has 3 aromatic carbocycles. The Balaban J connectivity index is 1.91. The lowest BCUT2D eigenvalue weighted by Crippen LogP contribution is -1.87. The number of hydrogen-bond donors (Lipinski definition) is 0. The van der Waals surface area contributed by atoms with Crippen LogP contribution in [0.5, 0.6) is 0 Å². The van der Waals surface area contributed by atoms with Crippen molar-refractivity contribution in [3.05, 3.63) is 83.6 Å². The van der Waals surface area contributed by atoms with Gasteiger partial charge in [-0.1, -0.05) is 84.1 Å². The molecule has 0 radical (unpaired) electrons. The number of benzene rings is 3. The molecule has 0 aliphatic carbocycles. The number of fused-ring (bicyclic) bond motifs is 3. The van der Waals surface area contributed by atoms with Crippen molar-refractivity contribution in [2.45, 2.75) is 0 Å². The largest absolute Gasteiger partial charge is 0.288 e. The van der Waals surface area contributed by atoms with Gasteiger partial charge in [0.2, 0.25) is 0 Å². The number of aromatic nitrogens is 2. The number of imidazole rings is 1. The molecule has 2 aromatic heterocycles. The Morgan fingerprint density at radius 3 is 2.04 bits per heavy atom. The second-order valence-electron chi connectivity index (χ2n) is 5.89. The van der Waals surface area contributed by atoms with Crippen LogP contribution in [-0.4, -0.2) is 9.38 Å². The first kappa shape index (κ1) is 14.9. The Kier molecular flexibility index (Phi) is 3.47. The number of rotatable bonds is 2. The van der Waals surface area contributed by atoms with Gasteiger partial charge in [0.1, 0.15) is 4.60 Å². The molecule has 0 spiro atoms. The van der Waals surface area contributed by atoms with E-state index < -0.39 is 0 Å². The molecule has 2 heterocycles. The Morgan fingerprint density at radius 1 is 0.760 bits per heavy atom. The monoisotopic (exact) mass is 404 g/mol. The van der Waals surface area contributed by atoms with Crippen LogP contribution in [0.25, 0.3) is 37.4 Å². The van der Waals surface area contributed by atoms with Crippen LogP contribution >= 0.6 is 27.3 Å². The van der Waals surface area contributed by atoms with E-state index in [2.05, 4.69) is 104 Å². The lowest BCUT2D eigenvalue weighted by atomic mass is 9.99. The highest BCUT2D eigenvalue weighted by Gasteiger charge is 2.16. The van der Waals surface area contributed by atoms with Gasteiger partial charge in [-0.05, 0) is 27.1 Å². The van der Waals surface area contributed by atoms with Crippen LogP contribution in [-0.2, 0) is 0 Å². The van der Waals surface area contributed by atoms with Crippen molar-refractivity contribution in [1.82, 2.24) is 9.38 Å². The zero-order chi connectivity index (χ0) is 16.8. The highest BCUT2D eigenvalue weighted by molar-refractivity contribution is 9.10. The zero-order valence-electron chi connectivity index (χ0n) is 13.2. The molecule has 0 unspecified atom stereocenters. The molecule has 0 atom stereocenters. The molecule has 0 fully saturated rings. The van der Waals surface area contributed by atoms with Crippen molar-refractivity contribution in [3.8, 4) is 22.3 Å². The summed E-state index contributed by atoms with van der Waals surface area (Å²) in [7, 11) is 0. The van der Waals surface area contributed by atoms with Crippen LogP contribution in [0.2, 0.25) is 0 Å². The van der Waals surface area contributed by atoms with Gasteiger partial charge in [-0.15, -0.1) is 0 Å². The van der Waals surface area contributed by atoms with Crippen molar-refractivity contribution >= 4 is 42.4 Å². The molecule has 4 heteroatoms. The van der Waals surface area contributed by atoms with Gasteiger partial charge in [-0.2, -0.15) is 0 Å². The molecule has 0 aliphatic rings. The van der Waals surface area contributed by atoms with E-state index in [1.54, 1.807) is 11.3 Å². The van der Waals surface area contributed by atoms with Gasteiger partial charge in [0, 0.05) is 17.3 Å². The minimum atomic E-state index is 0.866. The first-order chi connectivity index (χ1) is 12.3. The molecule has 5 rings (SSSR count). The smallest absolute Gasteiger partial charge is 0.195 e. The predicted octanol–water partition coefficient (Wildman–Crippen LogP) is 6.65. The van der Waals surface area contributed by atoms with E-state index in [1.165, 1.54) is 32.5 Å². The standard InChI is InChI=1S/C21H13BrN2S/c22-18-13-24-19-16(14-7-3-1-4-8-14)11-12-17(15-9-5-2-6-10-15)20(19)25-21(24)23-18/h1-13H. The van der Waals surface area contributed by atoms with Crippen LogP contribution < -0.4 is 0 Å². The van der Waals surface area contributed by atoms with Gasteiger partial charge < -0.3 is 0 Å². The van der Waals surface area contributed by atoms with E-state index in [4.69, 9.17) is 0 Å². The van der Waals surface area contributed by atoms with E-state index in [0.717, 1.165) is 9.56 Å². The predicted molar refractivity (Wildman–Crippen MR) is 109 cm³/mol. The summed E-state index contributed by atoms with van der Waals surface area (Å²) in [5, 5.41) is 0. The topological polar surface area (TPSA) is 17.3 Å². The lowest BCUT2D eigenvalue weighted by Gasteiger charge is -2.09. The molecule has 0 N–H and O–H groups in total. The quantitative estimate of drug-likeness (QED) is 0.322. The number of thiazole rings is 1. The number of halogens is 1. The lowest BCUT2D eigenvalue weighted by molar-refractivity contribution is 1.29. The molecule has 0 bridgehead atoms. The molecular formula is C21H13BrN2S. The first-order valence-corrected chi connectivity index (χ1v) is 9.63. The van der Waals surface area contributed by atoms with Crippen molar-refractivity contribution in [2.24, 2.45) is 0 Å². The molecule has 0 saturated carbocycles. The minimum Gasteiger partial charge on any atom is -0.288 e. The van der Waals surface area contributed by atoms with Crippen molar-refractivity contribution < 1.29 is 0 Å².